The molecule has 0 amide bonds. The average molecular weight is 264 g/mol. The lowest BCUT2D eigenvalue weighted by Crippen LogP contribution is -2.22. The van der Waals surface area contributed by atoms with Crippen LogP contribution in [0.1, 0.15) is 30.1 Å². The minimum atomic E-state index is -5.02. The van der Waals surface area contributed by atoms with Crippen molar-refractivity contribution < 1.29 is 27.1 Å². The van der Waals surface area contributed by atoms with Crippen molar-refractivity contribution in [2.75, 3.05) is 6.61 Å². The molecule has 1 aromatic rings. The fourth-order valence-corrected chi connectivity index (χ4v) is 1.28. The van der Waals surface area contributed by atoms with Gasteiger partial charge in [0.15, 0.2) is 0 Å². The van der Waals surface area contributed by atoms with Gasteiger partial charge in [-0.1, -0.05) is 13.3 Å². The molecule has 0 saturated heterocycles. The van der Waals surface area contributed by atoms with Gasteiger partial charge in [0, 0.05) is 11.6 Å². The van der Waals surface area contributed by atoms with Gasteiger partial charge in [0.1, 0.15) is 11.6 Å². The second-order valence-electron chi connectivity index (χ2n) is 3.70. The molecule has 0 radical (unpaired) electrons. The molecule has 0 aliphatic heterocycles. The number of ketones is 1. The lowest BCUT2D eigenvalue weighted by Gasteiger charge is -2.09. The Bertz CT molecular complexity index is 427. The fourth-order valence-electron chi connectivity index (χ4n) is 1.28. The first-order chi connectivity index (χ1) is 8.34. The van der Waals surface area contributed by atoms with Gasteiger partial charge in [0.25, 0.3) is 5.78 Å². The highest BCUT2D eigenvalue weighted by molar-refractivity contribution is 6.00. The van der Waals surface area contributed by atoms with Gasteiger partial charge in [-0.05, 0) is 18.6 Å². The zero-order valence-electron chi connectivity index (χ0n) is 9.68. The molecule has 6 heteroatoms. The third-order valence-corrected chi connectivity index (χ3v) is 2.16. The largest absolute Gasteiger partial charge is 0.493 e. The minimum absolute atomic E-state index is 0.0731. The summed E-state index contributed by atoms with van der Waals surface area (Å²) in [5.74, 6) is -3.09. The van der Waals surface area contributed by atoms with Gasteiger partial charge in [-0.2, -0.15) is 13.2 Å². The molecule has 0 unspecified atom stereocenters. The predicted molar refractivity (Wildman–Crippen MR) is 57.2 cm³/mol. The zero-order chi connectivity index (χ0) is 13.8. The Kier molecular flexibility index (Phi) is 4.69. The molecule has 18 heavy (non-hydrogen) atoms. The Labute approximate surface area is 102 Å². The molecule has 1 rings (SSSR count). The Hall–Kier alpha value is -1.59. The van der Waals surface area contributed by atoms with Crippen LogP contribution < -0.4 is 4.74 Å². The highest BCUT2D eigenvalue weighted by Gasteiger charge is 2.39. The molecular formula is C12H12F4O2. The third kappa shape index (κ3) is 4.01. The van der Waals surface area contributed by atoms with Crippen LogP contribution in [0.3, 0.4) is 0 Å². The van der Waals surface area contributed by atoms with Crippen molar-refractivity contribution in [3.05, 3.63) is 29.6 Å². The van der Waals surface area contributed by atoms with Crippen molar-refractivity contribution in [2.24, 2.45) is 0 Å². The molecule has 0 spiro atoms. The van der Waals surface area contributed by atoms with Crippen molar-refractivity contribution in [1.29, 1.82) is 0 Å². The van der Waals surface area contributed by atoms with Crippen molar-refractivity contribution in [3.63, 3.8) is 0 Å². The van der Waals surface area contributed by atoms with Gasteiger partial charge in [-0.3, -0.25) is 4.79 Å². The van der Waals surface area contributed by atoms with E-state index < -0.39 is 23.3 Å². The van der Waals surface area contributed by atoms with E-state index in [0.717, 1.165) is 18.6 Å². The van der Waals surface area contributed by atoms with E-state index in [1.807, 2.05) is 6.92 Å². The second kappa shape index (κ2) is 5.84. The van der Waals surface area contributed by atoms with E-state index in [-0.39, 0.29) is 12.4 Å². The molecule has 0 aromatic heterocycles. The van der Waals surface area contributed by atoms with Crippen LogP contribution in [0.2, 0.25) is 0 Å². The van der Waals surface area contributed by atoms with E-state index in [1.54, 1.807) is 0 Å². The van der Waals surface area contributed by atoms with Gasteiger partial charge in [0.05, 0.1) is 6.61 Å². The first-order valence-corrected chi connectivity index (χ1v) is 5.39. The highest BCUT2D eigenvalue weighted by Crippen LogP contribution is 2.25. The molecule has 2 nitrogen and oxygen atoms in total. The molecule has 0 bridgehead atoms. The maximum atomic E-state index is 13.1. The van der Waals surface area contributed by atoms with E-state index in [0.29, 0.717) is 12.5 Å². The number of unbranched alkanes of at least 4 members (excludes halogenated alkanes) is 1. The number of halogens is 4. The summed E-state index contributed by atoms with van der Waals surface area (Å²) in [6, 6.07) is 2.39. The van der Waals surface area contributed by atoms with Crippen molar-refractivity contribution in [3.8, 4) is 5.75 Å². The quantitative estimate of drug-likeness (QED) is 0.460. The summed E-state index contributed by atoms with van der Waals surface area (Å²) in [5, 5.41) is 0. The number of carbonyl (C=O) groups is 1. The third-order valence-electron chi connectivity index (χ3n) is 2.16. The average Bonchev–Trinajstić information content (AvgIpc) is 2.26. The Balaban J connectivity index is 2.90. The topological polar surface area (TPSA) is 26.3 Å². The first kappa shape index (κ1) is 14.5. The maximum Gasteiger partial charge on any atom is 0.454 e. The number of Topliss-reactive ketones (excluding diaryl/α,β-unsaturated/α-hetero) is 1. The van der Waals surface area contributed by atoms with Crippen LogP contribution >= 0.6 is 0 Å². The summed E-state index contributed by atoms with van der Waals surface area (Å²) >= 11 is 0. The van der Waals surface area contributed by atoms with Crippen molar-refractivity contribution in [1.82, 2.24) is 0 Å². The van der Waals surface area contributed by atoms with Crippen LogP contribution in [-0.2, 0) is 0 Å². The number of carbonyl (C=O) groups excluding carboxylic acids is 1. The van der Waals surface area contributed by atoms with Crippen molar-refractivity contribution >= 4 is 5.78 Å². The first-order valence-electron chi connectivity index (χ1n) is 5.39. The lowest BCUT2D eigenvalue weighted by atomic mass is 10.1. The second-order valence-corrected chi connectivity index (χ2v) is 3.70. The monoisotopic (exact) mass is 264 g/mol. The van der Waals surface area contributed by atoms with Gasteiger partial charge in [-0.15, -0.1) is 0 Å². The smallest absolute Gasteiger partial charge is 0.454 e. The van der Waals surface area contributed by atoms with Gasteiger partial charge in [0.2, 0.25) is 0 Å². The molecule has 0 saturated carbocycles. The van der Waals surface area contributed by atoms with Crippen molar-refractivity contribution in [2.45, 2.75) is 25.9 Å². The van der Waals surface area contributed by atoms with E-state index in [9.17, 15) is 22.4 Å². The summed E-state index contributed by atoms with van der Waals surface area (Å²) in [6.45, 7) is 2.17. The number of benzene rings is 1. The Morgan fingerprint density at radius 3 is 2.50 bits per heavy atom. The minimum Gasteiger partial charge on any atom is -0.493 e. The van der Waals surface area contributed by atoms with Gasteiger partial charge < -0.3 is 4.74 Å². The highest BCUT2D eigenvalue weighted by atomic mass is 19.4. The normalized spacial score (nSPS) is 11.4. The Morgan fingerprint density at radius 2 is 1.94 bits per heavy atom. The molecular weight excluding hydrogens is 252 g/mol. The van der Waals surface area contributed by atoms with Crippen LogP contribution in [0.5, 0.6) is 5.75 Å². The van der Waals surface area contributed by atoms with Crippen LogP contribution in [0.25, 0.3) is 0 Å². The van der Waals surface area contributed by atoms with Crippen LogP contribution in [0.4, 0.5) is 17.6 Å². The predicted octanol–water partition coefficient (Wildman–Crippen LogP) is 3.75. The molecule has 100 valence electrons. The zero-order valence-corrected chi connectivity index (χ0v) is 9.68. The molecule has 0 fully saturated rings. The molecule has 0 aliphatic carbocycles. The van der Waals surface area contributed by atoms with Crippen LogP contribution in [0, 0.1) is 5.82 Å². The number of rotatable bonds is 5. The van der Waals surface area contributed by atoms with Crippen LogP contribution in [0.15, 0.2) is 18.2 Å². The SMILES string of the molecule is CCCCOc1cc(F)cc(C(=O)C(F)(F)F)c1. The number of hydrogen-bond acceptors (Lipinski definition) is 2. The van der Waals surface area contributed by atoms with E-state index in [4.69, 9.17) is 4.74 Å². The summed E-state index contributed by atoms with van der Waals surface area (Å²) in [4.78, 5) is 11.0. The molecule has 0 atom stereocenters. The molecule has 1 aromatic carbocycles. The number of hydrogen-bond donors (Lipinski definition) is 0. The van der Waals surface area contributed by atoms with E-state index in [1.165, 1.54) is 0 Å². The standard InChI is InChI=1S/C12H12F4O2/c1-2-3-4-18-10-6-8(5-9(13)7-10)11(17)12(14,15)16/h5-7H,2-4H2,1H3. The molecule has 0 heterocycles. The van der Waals surface area contributed by atoms with E-state index in [2.05, 4.69) is 0 Å². The van der Waals surface area contributed by atoms with Crippen LogP contribution in [-0.4, -0.2) is 18.6 Å². The molecule has 0 N–H and O–H groups in total. The molecule has 0 aliphatic rings. The number of alkyl halides is 3. The lowest BCUT2D eigenvalue weighted by molar-refractivity contribution is -0.0885. The summed E-state index contributed by atoms with van der Waals surface area (Å²) in [7, 11) is 0. The maximum absolute atomic E-state index is 13.1. The number of ether oxygens (including phenoxy) is 1. The van der Waals surface area contributed by atoms with Gasteiger partial charge >= 0.3 is 6.18 Å². The van der Waals surface area contributed by atoms with E-state index >= 15 is 0 Å². The summed E-state index contributed by atoms with van der Waals surface area (Å²) in [6.07, 6.45) is -3.49. The summed E-state index contributed by atoms with van der Waals surface area (Å²) < 4.78 is 54.7. The Morgan fingerprint density at radius 1 is 1.28 bits per heavy atom. The fraction of sp³-hybridized carbons (Fsp3) is 0.417. The van der Waals surface area contributed by atoms with Gasteiger partial charge in [-0.25, -0.2) is 4.39 Å². The summed E-state index contributed by atoms with van der Waals surface area (Å²) in [5.41, 5.74) is -0.756.